The minimum Gasteiger partial charge on any atom is -0.508 e. The fraction of sp³-hybridized carbons (Fsp3) is 0.316. The number of carbonyl (C=O) groups is 1. The molecular formula is C19H17F4N5O2. The quantitative estimate of drug-likeness (QED) is 0.551. The van der Waals surface area contributed by atoms with Gasteiger partial charge in [0.25, 0.3) is 5.91 Å². The zero-order valence-electron chi connectivity index (χ0n) is 15.7. The van der Waals surface area contributed by atoms with Crippen molar-refractivity contribution in [3.63, 3.8) is 0 Å². The van der Waals surface area contributed by atoms with Crippen LogP contribution in [-0.2, 0) is 0 Å². The van der Waals surface area contributed by atoms with E-state index in [4.69, 9.17) is 0 Å². The molecule has 3 heterocycles. The number of fused-ring (bicyclic) bond motifs is 1. The van der Waals surface area contributed by atoms with Crippen LogP contribution in [0.1, 0.15) is 16.1 Å². The molecule has 0 bridgehead atoms. The lowest BCUT2D eigenvalue weighted by Crippen LogP contribution is -2.59. The molecule has 0 aliphatic carbocycles. The van der Waals surface area contributed by atoms with Gasteiger partial charge < -0.3 is 15.3 Å². The number of amides is 1. The third-order valence-corrected chi connectivity index (χ3v) is 5.05. The van der Waals surface area contributed by atoms with Crippen LogP contribution in [0.5, 0.6) is 5.75 Å². The maximum atomic E-state index is 14.4. The van der Waals surface area contributed by atoms with Crippen LogP contribution in [-0.4, -0.2) is 62.9 Å². The SMILES string of the molecule is Cc1n[nH]c2nc(-c3ccc(O)cc3F)cc(C(=O)N3CCNCC3C(F)(F)F)c12. The number of aryl methyl sites for hydroxylation is 1. The van der Waals surface area contributed by atoms with E-state index in [1.165, 1.54) is 18.2 Å². The predicted molar refractivity (Wildman–Crippen MR) is 99.4 cm³/mol. The van der Waals surface area contributed by atoms with Gasteiger partial charge in [-0.2, -0.15) is 18.3 Å². The second-order valence-electron chi connectivity index (χ2n) is 7.01. The fourth-order valence-corrected chi connectivity index (χ4v) is 3.60. The number of phenols is 1. The summed E-state index contributed by atoms with van der Waals surface area (Å²) in [5, 5.41) is 19.0. The largest absolute Gasteiger partial charge is 0.508 e. The van der Waals surface area contributed by atoms with Crippen molar-refractivity contribution >= 4 is 16.9 Å². The van der Waals surface area contributed by atoms with Gasteiger partial charge in [0.2, 0.25) is 0 Å². The monoisotopic (exact) mass is 423 g/mol. The van der Waals surface area contributed by atoms with Crippen LogP contribution in [0.25, 0.3) is 22.3 Å². The molecule has 1 saturated heterocycles. The smallest absolute Gasteiger partial charge is 0.410 e. The zero-order valence-corrected chi connectivity index (χ0v) is 15.7. The third-order valence-electron chi connectivity index (χ3n) is 5.05. The van der Waals surface area contributed by atoms with E-state index in [0.29, 0.717) is 5.69 Å². The van der Waals surface area contributed by atoms with Crippen molar-refractivity contribution in [3.8, 4) is 17.0 Å². The van der Waals surface area contributed by atoms with E-state index in [9.17, 15) is 27.5 Å². The normalized spacial score (nSPS) is 17.5. The number of piperazine rings is 1. The summed E-state index contributed by atoms with van der Waals surface area (Å²) in [6.45, 7) is 1.27. The first-order valence-corrected chi connectivity index (χ1v) is 9.10. The lowest BCUT2D eigenvalue weighted by molar-refractivity contribution is -0.179. The van der Waals surface area contributed by atoms with Crippen molar-refractivity contribution in [1.29, 1.82) is 0 Å². The number of rotatable bonds is 2. The van der Waals surface area contributed by atoms with Crippen LogP contribution in [0.3, 0.4) is 0 Å². The molecule has 0 saturated carbocycles. The van der Waals surface area contributed by atoms with E-state index in [1.54, 1.807) is 6.92 Å². The number of nitrogens with one attached hydrogen (secondary N) is 2. The Hall–Kier alpha value is -3.21. The van der Waals surface area contributed by atoms with Crippen molar-refractivity contribution in [2.75, 3.05) is 19.6 Å². The van der Waals surface area contributed by atoms with Gasteiger partial charge in [-0.1, -0.05) is 0 Å². The number of carbonyl (C=O) groups excluding carboxylic acids is 1. The van der Waals surface area contributed by atoms with E-state index in [2.05, 4.69) is 20.5 Å². The number of aromatic amines is 1. The molecule has 1 atom stereocenters. The number of aromatic hydroxyl groups is 1. The first-order chi connectivity index (χ1) is 14.2. The minimum atomic E-state index is -4.60. The number of hydrogen-bond acceptors (Lipinski definition) is 5. The molecule has 1 aromatic carbocycles. The van der Waals surface area contributed by atoms with E-state index in [1.807, 2.05) is 0 Å². The Kier molecular flexibility index (Phi) is 4.85. The second-order valence-corrected chi connectivity index (χ2v) is 7.01. The summed E-state index contributed by atoms with van der Waals surface area (Å²) in [6.07, 6.45) is -4.60. The lowest BCUT2D eigenvalue weighted by Gasteiger charge is -2.37. The summed E-state index contributed by atoms with van der Waals surface area (Å²) in [5.74, 6) is -1.91. The van der Waals surface area contributed by atoms with Gasteiger partial charge in [0.15, 0.2) is 5.65 Å². The number of halogens is 4. The Morgan fingerprint density at radius 1 is 1.30 bits per heavy atom. The molecule has 1 amide bonds. The Morgan fingerprint density at radius 2 is 2.07 bits per heavy atom. The minimum absolute atomic E-state index is 0.0105. The molecule has 1 unspecified atom stereocenters. The number of benzene rings is 1. The molecule has 30 heavy (non-hydrogen) atoms. The summed E-state index contributed by atoms with van der Waals surface area (Å²) in [7, 11) is 0. The molecule has 1 aliphatic heterocycles. The molecule has 0 spiro atoms. The highest BCUT2D eigenvalue weighted by Crippen LogP contribution is 2.32. The van der Waals surface area contributed by atoms with Crippen molar-refractivity contribution in [2.24, 2.45) is 0 Å². The van der Waals surface area contributed by atoms with Crippen molar-refractivity contribution in [2.45, 2.75) is 19.1 Å². The highest BCUT2D eigenvalue weighted by Gasteiger charge is 2.47. The van der Waals surface area contributed by atoms with Crippen molar-refractivity contribution in [1.82, 2.24) is 25.4 Å². The van der Waals surface area contributed by atoms with Gasteiger partial charge in [-0.3, -0.25) is 9.89 Å². The van der Waals surface area contributed by atoms with E-state index in [0.717, 1.165) is 11.0 Å². The van der Waals surface area contributed by atoms with Crippen LogP contribution in [0, 0.1) is 12.7 Å². The summed E-state index contributed by atoms with van der Waals surface area (Å²) >= 11 is 0. The molecule has 158 valence electrons. The summed E-state index contributed by atoms with van der Waals surface area (Å²) in [6, 6.07) is 2.69. The number of phenolic OH excluding ortho intramolecular Hbond substituents is 1. The van der Waals surface area contributed by atoms with Crippen LogP contribution in [0.2, 0.25) is 0 Å². The predicted octanol–water partition coefficient (Wildman–Crippen LogP) is 2.75. The molecule has 3 aromatic rings. The standard InChI is InChI=1S/C19H17F4N5O2/c1-9-16-12(18(30)28-5-4-24-8-15(28)19(21,22)23)7-14(25-17(16)27-26-9)11-3-2-10(29)6-13(11)20/h2-3,6-7,15,24,29H,4-5,8H2,1H3,(H,25,26,27). The first-order valence-electron chi connectivity index (χ1n) is 9.10. The highest BCUT2D eigenvalue weighted by molar-refractivity contribution is 6.07. The van der Waals surface area contributed by atoms with Crippen LogP contribution in [0.4, 0.5) is 17.6 Å². The summed E-state index contributed by atoms with van der Waals surface area (Å²) in [5.41, 5.74) is 0.510. The third kappa shape index (κ3) is 3.45. The molecule has 1 aliphatic rings. The molecule has 7 nitrogen and oxygen atoms in total. The number of alkyl halides is 3. The molecular weight excluding hydrogens is 406 g/mol. The zero-order chi connectivity index (χ0) is 21.6. The molecule has 0 radical (unpaired) electrons. The van der Waals surface area contributed by atoms with Gasteiger partial charge in [-0.05, 0) is 25.1 Å². The first kappa shape index (κ1) is 20.1. The number of nitrogens with zero attached hydrogens (tertiary/aromatic N) is 3. The average Bonchev–Trinajstić information content (AvgIpc) is 3.07. The molecule has 4 rings (SSSR count). The number of hydrogen-bond donors (Lipinski definition) is 3. The van der Waals surface area contributed by atoms with E-state index in [-0.39, 0.29) is 46.7 Å². The highest BCUT2D eigenvalue weighted by atomic mass is 19.4. The van der Waals surface area contributed by atoms with Gasteiger partial charge in [0, 0.05) is 31.3 Å². The van der Waals surface area contributed by atoms with Gasteiger partial charge >= 0.3 is 6.18 Å². The number of aromatic nitrogens is 3. The Morgan fingerprint density at radius 3 is 2.77 bits per heavy atom. The van der Waals surface area contributed by atoms with E-state index < -0.39 is 30.5 Å². The maximum Gasteiger partial charge on any atom is 0.410 e. The van der Waals surface area contributed by atoms with E-state index >= 15 is 0 Å². The van der Waals surface area contributed by atoms with Gasteiger partial charge in [-0.15, -0.1) is 0 Å². The molecule has 11 heteroatoms. The van der Waals surface area contributed by atoms with Gasteiger partial charge in [0.05, 0.1) is 22.3 Å². The number of H-pyrrole nitrogens is 1. The van der Waals surface area contributed by atoms with Crippen LogP contribution in [0.15, 0.2) is 24.3 Å². The fourth-order valence-electron chi connectivity index (χ4n) is 3.60. The van der Waals surface area contributed by atoms with Crippen molar-refractivity contribution in [3.05, 3.63) is 41.3 Å². The van der Waals surface area contributed by atoms with Crippen LogP contribution < -0.4 is 5.32 Å². The van der Waals surface area contributed by atoms with Crippen molar-refractivity contribution < 1.29 is 27.5 Å². The van der Waals surface area contributed by atoms with Gasteiger partial charge in [-0.25, -0.2) is 9.37 Å². The lowest BCUT2D eigenvalue weighted by atomic mass is 10.0. The Labute approximate surface area is 167 Å². The molecule has 1 fully saturated rings. The summed E-state index contributed by atoms with van der Waals surface area (Å²) < 4.78 is 54.9. The Balaban J connectivity index is 1.87. The van der Waals surface area contributed by atoms with Gasteiger partial charge in [0.1, 0.15) is 17.6 Å². The summed E-state index contributed by atoms with van der Waals surface area (Å²) in [4.78, 5) is 18.3. The Bertz CT molecular complexity index is 1130. The number of pyridine rings is 1. The maximum absolute atomic E-state index is 14.4. The molecule has 3 N–H and O–H groups in total. The second kappa shape index (κ2) is 7.24. The van der Waals surface area contributed by atoms with Crippen LogP contribution >= 0.6 is 0 Å². The average molecular weight is 423 g/mol. The topological polar surface area (TPSA) is 94.1 Å². The molecule has 2 aromatic heterocycles.